The Morgan fingerprint density at radius 1 is 1.50 bits per heavy atom. The molecule has 1 aromatic rings. The molecule has 1 heterocycles. The number of likely N-dealkylation sites (tertiary alicyclic amines) is 1. The average molecular weight is 276 g/mol. The number of aryl methyl sites for hydroxylation is 1. The molecule has 1 aliphatic rings. The van der Waals surface area contributed by atoms with E-state index >= 15 is 0 Å². The Labute approximate surface area is 121 Å². The first-order valence-corrected chi connectivity index (χ1v) is 7.35. The topological polar surface area (TPSA) is 41.6 Å². The highest BCUT2D eigenvalue weighted by molar-refractivity contribution is 5.96. The number of anilines is 1. The smallest absolute Gasteiger partial charge is 0.254 e. The van der Waals surface area contributed by atoms with Gasteiger partial charge in [-0.05, 0) is 50.5 Å². The summed E-state index contributed by atoms with van der Waals surface area (Å²) in [6, 6.07) is 5.87. The van der Waals surface area contributed by atoms with Gasteiger partial charge < -0.3 is 15.0 Å². The van der Waals surface area contributed by atoms with Gasteiger partial charge in [0, 0.05) is 38.0 Å². The van der Waals surface area contributed by atoms with Gasteiger partial charge in [0.05, 0.1) is 6.10 Å². The maximum Gasteiger partial charge on any atom is 0.254 e. The van der Waals surface area contributed by atoms with E-state index in [1.54, 1.807) is 0 Å². The zero-order chi connectivity index (χ0) is 14.5. The van der Waals surface area contributed by atoms with Crippen LogP contribution in [0.15, 0.2) is 18.2 Å². The molecule has 2 rings (SSSR count). The van der Waals surface area contributed by atoms with Crippen LogP contribution in [0.4, 0.5) is 5.69 Å². The number of benzene rings is 1. The molecule has 1 amide bonds. The van der Waals surface area contributed by atoms with E-state index in [4.69, 9.17) is 4.74 Å². The van der Waals surface area contributed by atoms with Gasteiger partial charge in [-0.25, -0.2) is 0 Å². The van der Waals surface area contributed by atoms with Crippen LogP contribution >= 0.6 is 0 Å². The summed E-state index contributed by atoms with van der Waals surface area (Å²) >= 11 is 0. The number of nitrogens with zero attached hydrogens (tertiary/aromatic N) is 1. The quantitative estimate of drug-likeness (QED) is 0.919. The molecule has 0 spiro atoms. The molecule has 0 aliphatic carbocycles. The number of ether oxygens (including phenoxy) is 1. The molecule has 0 bridgehead atoms. The van der Waals surface area contributed by atoms with Crippen LogP contribution < -0.4 is 5.32 Å². The average Bonchev–Trinajstić information content (AvgIpc) is 2.47. The second kappa shape index (κ2) is 6.75. The summed E-state index contributed by atoms with van der Waals surface area (Å²) < 4.78 is 5.66. The van der Waals surface area contributed by atoms with Gasteiger partial charge >= 0.3 is 0 Å². The molecule has 1 fully saturated rings. The number of hydrogen-bond donors (Lipinski definition) is 1. The summed E-state index contributed by atoms with van der Waals surface area (Å²) in [6.07, 6.45) is 2.26. The summed E-state index contributed by atoms with van der Waals surface area (Å²) in [5.41, 5.74) is 2.84. The molecule has 4 nitrogen and oxygen atoms in total. The van der Waals surface area contributed by atoms with Crippen LogP contribution in [-0.4, -0.2) is 43.7 Å². The Morgan fingerprint density at radius 3 is 2.95 bits per heavy atom. The minimum absolute atomic E-state index is 0.120. The fourth-order valence-electron chi connectivity index (χ4n) is 2.72. The van der Waals surface area contributed by atoms with E-state index in [-0.39, 0.29) is 12.0 Å². The zero-order valence-corrected chi connectivity index (χ0v) is 12.6. The maximum atomic E-state index is 12.6. The molecule has 4 heteroatoms. The van der Waals surface area contributed by atoms with Crippen molar-refractivity contribution in [1.29, 1.82) is 0 Å². The molecule has 1 N–H and O–H groups in total. The first-order valence-electron chi connectivity index (χ1n) is 7.35. The number of carbonyl (C=O) groups is 1. The predicted molar refractivity (Wildman–Crippen MR) is 81.3 cm³/mol. The third-order valence-corrected chi connectivity index (χ3v) is 3.81. The number of carbonyl (C=O) groups excluding carboxylic acids is 1. The molecule has 1 unspecified atom stereocenters. The fraction of sp³-hybridized carbons (Fsp3) is 0.562. The second-order valence-corrected chi connectivity index (χ2v) is 5.25. The lowest BCUT2D eigenvalue weighted by molar-refractivity contribution is 0.00721. The third kappa shape index (κ3) is 3.31. The first kappa shape index (κ1) is 14.9. The van der Waals surface area contributed by atoms with Crippen LogP contribution in [0.2, 0.25) is 0 Å². The number of nitrogens with one attached hydrogen (secondary N) is 1. The lowest BCUT2D eigenvalue weighted by Crippen LogP contribution is -2.43. The Morgan fingerprint density at radius 2 is 2.30 bits per heavy atom. The van der Waals surface area contributed by atoms with E-state index in [1.165, 1.54) is 0 Å². The summed E-state index contributed by atoms with van der Waals surface area (Å²) in [4.78, 5) is 14.5. The standard InChI is InChI=1S/C16H24N2O2/c1-4-20-14-6-5-9-18(11-14)16(19)15-8-7-13(17-3)10-12(15)2/h7-8,10,14,17H,4-6,9,11H2,1-3H3. The molecule has 1 aromatic carbocycles. The predicted octanol–water partition coefficient (Wildman–Crippen LogP) is 2.68. The molecule has 20 heavy (non-hydrogen) atoms. The normalized spacial score (nSPS) is 18.9. The van der Waals surface area contributed by atoms with Gasteiger partial charge in [0.15, 0.2) is 0 Å². The summed E-state index contributed by atoms with van der Waals surface area (Å²) in [5, 5.41) is 3.09. The molecule has 110 valence electrons. The van der Waals surface area contributed by atoms with E-state index in [0.717, 1.165) is 36.2 Å². The van der Waals surface area contributed by atoms with Gasteiger partial charge in [-0.1, -0.05) is 0 Å². The van der Waals surface area contributed by atoms with Gasteiger partial charge in [0.2, 0.25) is 0 Å². The molecule has 0 radical (unpaired) electrons. The van der Waals surface area contributed by atoms with Crippen molar-refractivity contribution in [3.8, 4) is 0 Å². The minimum Gasteiger partial charge on any atom is -0.388 e. The van der Waals surface area contributed by atoms with E-state index < -0.39 is 0 Å². The Hall–Kier alpha value is -1.55. The summed E-state index contributed by atoms with van der Waals surface area (Å²) in [5.74, 6) is 0.120. The van der Waals surface area contributed by atoms with Crippen LogP contribution in [0.3, 0.4) is 0 Å². The molecular formula is C16H24N2O2. The van der Waals surface area contributed by atoms with Crippen LogP contribution in [0.25, 0.3) is 0 Å². The van der Waals surface area contributed by atoms with E-state index in [1.807, 2.05) is 44.0 Å². The van der Waals surface area contributed by atoms with Gasteiger partial charge in [-0.3, -0.25) is 4.79 Å². The van der Waals surface area contributed by atoms with Crippen LogP contribution in [0, 0.1) is 6.92 Å². The van der Waals surface area contributed by atoms with Crippen LogP contribution in [0.5, 0.6) is 0 Å². The van der Waals surface area contributed by atoms with Crippen LogP contribution in [-0.2, 0) is 4.74 Å². The second-order valence-electron chi connectivity index (χ2n) is 5.25. The molecule has 0 saturated carbocycles. The van der Waals surface area contributed by atoms with E-state index in [0.29, 0.717) is 13.2 Å². The van der Waals surface area contributed by atoms with Crippen molar-refractivity contribution < 1.29 is 9.53 Å². The highest BCUT2D eigenvalue weighted by Crippen LogP contribution is 2.20. The van der Waals surface area contributed by atoms with E-state index in [9.17, 15) is 4.79 Å². The highest BCUT2D eigenvalue weighted by atomic mass is 16.5. The molecule has 0 aromatic heterocycles. The Balaban J connectivity index is 2.10. The fourth-order valence-corrected chi connectivity index (χ4v) is 2.72. The van der Waals surface area contributed by atoms with Gasteiger partial charge in [0.1, 0.15) is 0 Å². The lowest BCUT2D eigenvalue weighted by atomic mass is 10.0. The Bertz CT molecular complexity index is 472. The summed E-state index contributed by atoms with van der Waals surface area (Å²) in [7, 11) is 1.88. The minimum atomic E-state index is 0.120. The molecular weight excluding hydrogens is 252 g/mol. The summed E-state index contributed by atoms with van der Waals surface area (Å²) in [6.45, 7) is 6.23. The van der Waals surface area contributed by atoms with Gasteiger partial charge in [-0.15, -0.1) is 0 Å². The number of rotatable bonds is 4. The van der Waals surface area contributed by atoms with E-state index in [2.05, 4.69) is 5.32 Å². The highest BCUT2D eigenvalue weighted by Gasteiger charge is 2.25. The zero-order valence-electron chi connectivity index (χ0n) is 12.6. The number of hydrogen-bond acceptors (Lipinski definition) is 3. The van der Waals surface area contributed by atoms with Gasteiger partial charge in [-0.2, -0.15) is 0 Å². The van der Waals surface area contributed by atoms with Crippen molar-refractivity contribution in [3.63, 3.8) is 0 Å². The molecule has 1 atom stereocenters. The SMILES string of the molecule is CCOC1CCCN(C(=O)c2ccc(NC)cc2C)C1. The third-order valence-electron chi connectivity index (χ3n) is 3.81. The maximum absolute atomic E-state index is 12.6. The lowest BCUT2D eigenvalue weighted by Gasteiger charge is -2.33. The van der Waals surface area contributed by atoms with Crippen molar-refractivity contribution in [2.24, 2.45) is 0 Å². The van der Waals surface area contributed by atoms with Crippen molar-refractivity contribution in [2.75, 3.05) is 32.1 Å². The van der Waals surface area contributed by atoms with Crippen molar-refractivity contribution >= 4 is 11.6 Å². The van der Waals surface area contributed by atoms with Crippen molar-refractivity contribution in [2.45, 2.75) is 32.8 Å². The van der Waals surface area contributed by atoms with Crippen molar-refractivity contribution in [3.05, 3.63) is 29.3 Å². The molecule has 1 saturated heterocycles. The van der Waals surface area contributed by atoms with Crippen molar-refractivity contribution in [1.82, 2.24) is 4.90 Å². The Kier molecular flexibility index (Phi) is 5.01. The largest absolute Gasteiger partial charge is 0.388 e. The van der Waals surface area contributed by atoms with Crippen LogP contribution in [0.1, 0.15) is 35.7 Å². The molecule has 1 aliphatic heterocycles. The number of amides is 1. The van der Waals surface area contributed by atoms with Gasteiger partial charge in [0.25, 0.3) is 5.91 Å². The number of piperidine rings is 1. The first-order chi connectivity index (χ1) is 9.65. The monoisotopic (exact) mass is 276 g/mol.